The number of aryl methyl sites for hydroxylation is 1. The van der Waals surface area contributed by atoms with Crippen LogP contribution < -0.4 is 0 Å². The zero-order valence-electron chi connectivity index (χ0n) is 20.8. The molecule has 2 heterocycles. The highest BCUT2D eigenvalue weighted by Gasteiger charge is 2.46. The Labute approximate surface area is 195 Å². The predicted molar refractivity (Wildman–Crippen MR) is 126 cm³/mol. The Hall–Kier alpha value is -1.15. The van der Waals surface area contributed by atoms with Crippen LogP contribution in [-0.4, -0.2) is 41.1 Å². The number of ether oxygens (including phenoxy) is 3. The van der Waals surface area contributed by atoms with Crippen LogP contribution in [0.25, 0.3) is 0 Å². The number of furan rings is 1. The van der Waals surface area contributed by atoms with Gasteiger partial charge in [-0.25, -0.2) is 0 Å². The first kappa shape index (κ1) is 25.5. The number of esters is 1. The van der Waals surface area contributed by atoms with Crippen molar-refractivity contribution in [3.63, 3.8) is 0 Å². The van der Waals surface area contributed by atoms with E-state index in [9.17, 15) is 4.79 Å². The molecule has 0 radical (unpaired) electrons. The van der Waals surface area contributed by atoms with Gasteiger partial charge in [0, 0.05) is 42.9 Å². The van der Waals surface area contributed by atoms with Gasteiger partial charge in [-0.05, 0) is 50.6 Å². The lowest BCUT2D eigenvalue weighted by Crippen LogP contribution is -2.35. The lowest BCUT2D eigenvalue weighted by Gasteiger charge is -2.36. The first-order chi connectivity index (χ1) is 15.2. The van der Waals surface area contributed by atoms with E-state index in [2.05, 4.69) is 33.9 Å². The summed E-state index contributed by atoms with van der Waals surface area (Å²) in [7, 11) is 0.262. The molecule has 0 bridgehead atoms. The normalized spacial score (nSPS) is 23.5. The van der Waals surface area contributed by atoms with Gasteiger partial charge in [0.1, 0.15) is 11.5 Å². The molecule has 1 aromatic heterocycles. The minimum Gasteiger partial charge on any atom is -0.469 e. The molecular weight excluding hydrogens is 424 g/mol. The molecule has 3 atom stereocenters. The smallest absolute Gasteiger partial charge is 0.305 e. The third kappa shape index (κ3) is 6.46. The molecular formula is C25H42O6Si. The topological polar surface area (TPSA) is 67.1 Å². The van der Waals surface area contributed by atoms with Crippen molar-refractivity contribution in [2.24, 2.45) is 5.41 Å². The van der Waals surface area contributed by atoms with Crippen LogP contribution in [0.15, 0.2) is 4.42 Å². The van der Waals surface area contributed by atoms with Crippen molar-refractivity contribution in [2.45, 2.75) is 110 Å². The van der Waals surface area contributed by atoms with Gasteiger partial charge in [0.05, 0.1) is 19.8 Å². The quantitative estimate of drug-likeness (QED) is 0.266. The van der Waals surface area contributed by atoms with Gasteiger partial charge in [-0.15, -0.1) is 0 Å². The summed E-state index contributed by atoms with van der Waals surface area (Å²) < 4.78 is 29.8. The molecule has 182 valence electrons. The molecule has 0 spiro atoms. The molecule has 3 rings (SSSR count). The van der Waals surface area contributed by atoms with Crippen molar-refractivity contribution in [1.29, 1.82) is 0 Å². The fourth-order valence-electron chi connectivity index (χ4n) is 4.98. The average molecular weight is 467 g/mol. The van der Waals surface area contributed by atoms with Crippen LogP contribution in [0.2, 0.25) is 13.1 Å². The summed E-state index contributed by atoms with van der Waals surface area (Å²) in [5.41, 5.74) is 2.55. The fraction of sp³-hybridized carbons (Fsp3) is 0.800. The van der Waals surface area contributed by atoms with E-state index in [4.69, 9.17) is 23.1 Å². The summed E-state index contributed by atoms with van der Waals surface area (Å²) in [5, 5.41) is 0. The Morgan fingerprint density at radius 2 is 1.97 bits per heavy atom. The Balaban J connectivity index is 1.81. The van der Waals surface area contributed by atoms with Gasteiger partial charge in [0.15, 0.2) is 15.3 Å². The molecule has 1 aliphatic carbocycles. The average Bonchev–Trinajstić information content (AvgIpc) is 3.24. The van der Waals surface area contributed by atoms with E-state index < -0.39 is 9.04 Å². The summed E-state index contributed by atoms with van der Waals surface area (Å²) >= 11 is 0. The van der Waals surface area contributed by atoms with Crippen LogP contribution in [0.3, 0.4) is 0 Å². The van der Waals surface area contributed by atoms with Gasteiger partial charge in [-0.2, -0.15) is 0 Å². The standard InChI is InChI=1S/C25H42O6Si/c1-25(2,3)24-20(31-22-13-9-10-14-28-22)15-19-23(24)17(16-29-32(5)6)18(30-19)11-7-8-12-21(26)27-4/h20,22,24,32H,7-16H2,1-6H3/t20-,22?,24-/m1/s1. The molecule has 1 saturated heterocycles. The van der Waals surface area contributed by atoms with Crippen molar-refractivity contribution in [2.75, 3.05) is 13.7 Å². The molecule has 0 saturated carbocycles. The zero-order valence-corrected chi connectivity index (χ0v) is 22.0. The second-order valence-corrected chi connectivity index (χ2v) is 12.9. The molecule has 6 nitrogen and oxygen atoms in total. The van der Waals surface area contributed by atoms with E-state index in [1.165, 1.54) is 18.2 Å². The lowest BCUT2D eigenvalue weighted by molar-refractivity contribution is -0.195. The first-order valence-corrected chi connectivity index (χ1v) is 15.1. The summed E-state index contributed by atoms with van der Waals surface area (Å²) in [5.74, 6) is 2.16. The van der Waals surface area contributed by atoms with Gasteiger partial charge in [0.2, 0.25) is 0 Å². The summed E-state index contributed by atoms with van der Waals surface area (Å²) in [6, 6.07) is 0. The molecule has 0 N–H and O–H groups in total. The van der Waals surface area contributed by atoms with Crippen molar-refractivity contribution in [3.8, 4) is 0 Å². The van der Waals surface area contributed by atoms with Crippen LogP contribution in [0.1, 0.15) is 87.9 Å². The van der Waals surface area contributed by atoms with Crippen molar-refractivity contribution < 1.29 is 27.8 Å². The Morgan fingerprint density at radius 1 is 1.19 bits per heavy atom. The van der Waals surface area contributed by atoms with Crippen LogP contribution in [0.5, 0.6) is 0 Å². The maximum absolute atomic E-state index is 11.4. The van der Waals surface area contributed by atoms with E-state index >= 15 is 0 Å². The van der Waals surface area contributed by atoms with Crippen molar-refractivity contribution in [1.82, 2.24) is 0 Å². The molecule has 32 heavy (non-hydrogen) atoms. The second-order valence-electron chi connectivity index (χ2n) is 10.5. The minimum absolute atomic E-state index is 0.0284. The lowest BCUT2D eigenvalue weighted by atomic mass is 9.75. The maximum atomic E-state index is 11.4. The van der Waals surface area contributed by atoms with Crippen LogP contribution in [-0.2, 0) is 42.9 Å². The number of rotatable bonds is 10. The number of carbonyl (C=O) groups excluding carboxylic acids is 1. The Morgan fingerprint density at radius 3 is 2.59 bits per heavy atom. The van der Waals surface area contributed by atoms with E-state index in [1.807, 2.05) is 0 Å². The molecule has 1 aliphatic heterocycles. The number of hydrogen-bond donors (Lipinski definition) is 0. The first-order valence-electron chi connectivity index (χ1n) is 12.3. The number of carbonyl (C=O) groups is 1. The van der Waals surface area contributed by atoms with Gasteiger partial charge in [-0.3, -0.25) is 4.79 Å². The monoisotopic (exact) mass is 466 g/mol. The maximum Gasteiger partial charge on any atom is 0.305 e. The highest BCUT2D eigenvalue weighted by Crippen LogP contribution is 2.50. The third-order valence-electron chi connectivity index (χ3n) is 6.50. The van der Waals surface area contributed by atoms with Crippen LogP contribution >= 0.6 is 0 Å². The van der Waals surface area contributed by atoms with Crippen LogP contribution in [0.4, 0.5) is 0 Å². The highest BCUT2D eigenvalue weighted by molar-refractivity contribution is 6.48. The van der Waals surface area contributed by atoms with Crippen LogP contribution in [0, 0.1) is 5.41 Å². The van der Waals surface area contributed by atoms with E-state index in [0.717, 1.165) is 63.1 Å². The molecule has 1 aromatic rings. The van der Waals surface area contributed by atoms with Crippen molar-refractivity contribution in [3.05, 3.63) is 22.6 Å². The summed E-state index contributed by atoms with van der Waals surface area (Å²) in [6.07, 6.45) is 6.94. The minimum atomic E-state index is -1.18. The van der Waals surface area contributed by atoms with Crippen molar-refractivity contribution >= 4 is 15.0 Å². The zero-order chi connectivity index (χ0) is 23.3. The van der Waals surface area contributed by atoms with Gasteiger partial charge >= 0.3 is 5.97 Å². The molecule has 1 fully saturated rings. The van der Waals surface area contributed by atoms with E-state index in [1.54, 1.807) is 0 Å². The molecule has 7 heteroatoms. The summed E-state index contributed by atoms with van der Waals surface area (Å²) in [4.78, 5) is 11.4. The Bertz CT molecular complexity index is 744. The molecule has 0 amide bonds. The van der Waals surface area contributed by atoms with E-state index in [-0.39, 0.29) is 29.7 Å². The largest absolute Gasteiger partial charge is 0.469 e. The predicted octanol–water partition coefficient (Wildman–Crippen LogP) is 5.26. The van der Waals surface area contributed by atoms with Gasteiger partial charge in [-0.1, -0.05) is 20.8 Å². The number of unbranched alkanes of at least 4 members (excludes halogenated alkanes) is 1. The molecule has 0 aromatic carbocycles. The SMILES string of the molecule is COC(=O)CCCCc1oc2c(c1CO[SiH](C)C)[C@H](C(C)(C)C)[C@H](OC1CCCCO1)C2. The molecule has 1 unspecified atom stereocenters. The highest BCUT2D eigenvalue weighted by atomic mass is 28.3. The number of methoxy groups -OCH3 is 1. The van der Waals surface area contributed by atoms with Gasteiger partial charge in [0.25, 0.3) is 0 Å². The third-order valence-corrected chi connectivity index (χ3v) is 7.33. The summed E-state index contributed by atoms with van der Waals surface area (Å²) in [6.45, 7) is 12.7. The second kappa shape index (κ2) is 11.3. The number of fused-ring (bicyclic) bond motifs is 1. The van der Waals surface area contributed by atoms with Gasteiger partial charge < -0.3 is 23.1 Å². The Kier molecular flexibility index (Phi) is 9.01. The fourth-order valence-corrected chi connectivity index (χ4v) is 5.48. The number of hydrogen-bond acceptors (Lipinski definition) is 6. The van der Waals surface area contributed by atoms with E-state index in [0.29, 0.717) is 13.0 Å². The molecule has 2 aliphatic rings.